The van der Waals surface area contributed by atoms with Crippen LogP contribution < -0.4 is 16.8 Å². The van der Waals surface area contributed by atoms with Crippen molar-refractivity contribution in [2.45, 2.75) is 26.4 Å². The molecule has 0 aromatic heterocycles. The minimum atomic E-state index is -0.561. The van der Waals surface area contributed by atoms with Gasteiger partial charge in [-0.2, -0.15) is 0 Å². The van der Waals surface area contributed by atoms with Crippen LogP contribution in [0.4, 0.5) is 4.79 Å². The lowest BCUT2D eigenvalue weighted by atomic mass is 10.2. The number of nitrogens with one attached hydrogen (secondary N) is 3. The third-order valence-corrected chi connectivity index (χ3v) is 1.67. The molecule has 114 valence electrons. The number of amidine groups is 2. The maximum Gasteiger partial charge on any atom is 0.408 e. The average Bonchev–Trinajstić information content (AvgIpc) is 2.32. The number of amides is 1. The highest BCUT2D eigenvalue weighted by atomic mass is 16.6. The first-order valence-electron chi connectivity index (χ1n) is 6.00. The van der Waals surface area contributed by atoms with E-state index in [1.807, 2.05) is 0 Å². The number of carbonyl (C=O) groups excluding carboxylic acids is 1. The minimum absolute atomic E-state index is 0.0872. The highest BCUT2D eigenvalue weighted by Crippen LogP contribution is 2.05. The summed E-state index contributed by atoms with van der Waals surface area (Å²) in [5.41, 5.74) is 10.2. The number of carbonyl (C=O) groups is 1. The molecule has 0 fully saturated rings. The van der Waals surface area contributed by atoms with Gasteiger partial charge < -0.3 is 21.5 Å². The van der Waals surface area contributed by atoms with Crippen LogP contribution in [-0.2, 0) is 4.74 Å². The van der Waals surface area contributed by atoms with Crippen LogP contribution in [0.1, 0.15) is 20.8 Å². The Balaban J connectivity index is 4.24. The molecule has 0 radical (unpaired) electrons. The van der Waals surface area contributed by atoms with Crippen molar-refractivity contribution in [3.8, 4) is 11.8 Å². The van der Waals surface area contributed by atoms with E-state index < -0.39 is 17.5 Å². The van der Waals surface area contributed by atoms with Crippen molar-refractivity contribution in [2.24, 2.45) is 16.5 Å². The first-order valence-corrected chi connectivity index (χ1v) is 6.00. The molecule has 0 saturated carbocycles. The summed E-state index contributed by atoms with van der Waals surface area (Å²) in [4.78, 5) is 14.8. The Morgan fingerprint density at radius 2 is 2.00 bits per heavy atom. The van der Waals surface area contributed by atoms with Crippen molar-refractivity contribution in [1.82, 2.24) is 5.32 Å². The lowest BCUT2D eigenvalue weighted by Gasteiger charge is -2.18. The third kappa shape index (κ3) is 10.8. The summed E-state index contributed by atoms with van der Waals surface area (Å²) in [6, 6.07) is 0. The zero-order valence-electron chi connectivity index (χ0n) is 12.3. The number of hydrogen-bond donors (Lipinski definition) is 5. The molecule has 0 aliphatic heterocycles. The molecule has 0 heterocycles. The van der Waals surface area contributed by atoms with Crippen LogP contribution in [0.5, 0.6) is 0 Å². The Morgan fingerprint density at radius 1 is 1.38 bits per heavy atom. The van der Waals surface area contributed by atoms with Gasteiger partial charge in [-0.25, -0.2) is 9.79 Å². The molecule has 0 atom stereocenters. The molecular formula is C13H20N6O2. The smallest absolute Gasteiger partial charge is 0.408 e. The molecule has 8 heteroatoms. The van der Waals surface area contributed by atoms with E-state index in [1.165, 1.54) is 12.3 Å². The number of hydrogen-bond acceptors (Lipinski definition) is 5. The summed E-state index contributed by atoms with van der Waals surface area (Å²) in [5.74, 6) is 4.40. The number of aliphatic imine (C=N–C) groups is 1. The predicted octanol–water partition coefficient (Wildman–Crippen LogP) is 0.341. The molecule has 8 nitrogen and oxygen atoms in total. The first kappa shape index (κ1) is 18.2. The number of alkyl carbamates (subject to hydrolysis) is 1. The first-order chi connectivity index (χ1) is 9.61. The second kappa shape index (κ2) is 8.37. The summed E-state index contributed by atoms with van der Waals surface area (Å²) in [5, 5.41) is 16.5. The van der Waals surface area contributed by atoms with Crippen LogP contribution in [-0.4, -0.2) is 36.1 Å². The Labute approximate surface area is 123 Å². The molecule has 7 N–H and O–H groups in total. The van der Waals surface area contributed by atoms with Gasteiger partial charge in [-0.15, -0.1) is 0 Å². The molecule has 0 unspecified atom stereocenters. The Bertz CT molecular complexity index is 531. The van der Waals surface area contributed by atoms with Crippen molar-refractivity contribution in [3.05, 3.63) is 11.8 Å². The topological polar surface area (TPSA) is 150 Å². The van der Waals surface area contributed by atoms with Crippen LogP contribution in [0.15, 0.2) is 16.8 Å². The van der Waals surface area contributed by atoms with Gasteiger partial charge in [-0.05, 0) is 32.8 Å². The molecule has 0 aromatic carbocycles. The van der Waals surface area contributed by atoms with Crippen molar-refractivity contribution < 1.29 is 9.53 Å². The summed E-state index contributed by atoms with van der Waals surface area (Å²) in [7, 11) is 0. The highest BCUT2D eigenvalue weighted by molar-refractivity contribution is 6.38. The van der Waals surface area contributed by atoms with Crippen LogP contribution in [0.25, 0.3) is 0 Å². The second-order valence-electron chi connectivity index (χ2n) is 4.82. The molecular weight excluding hydrogens is 272 g/mol. The van der Waals surface area contributed by atoms with E-state index in [0.717, 1.165) is 0 Å². The zero-order valence-corrected chi connectivity index (χ0v) is 12.3. The van der Waals surface area contributed by atoms with Gasteiger partial charge in [-0.1, -0.05) is 5.92 Å². The largest absolute Gasteiger partial charge is 0.444 e. The van der Waals surface area contributed by atoms with Crippen molar-refractivity contribution >= 4 is 24.0 Å². The number of nitrogens with two attached hydrogens (primary N) is 2. The molecule has 0 aromatic rings. The van der Waals surface area contributed by atoms with E-state index in [1.54, 1.807) is 20.8 Å². The Kier molecular flexibility index (Phi) is 7.25. The van der Waals surface area contributed by atoms with Crippen LogP contribution >= 0.6 is 0 Å². The average molecular weight is 292 g/mol. The maximum atomic E-state index is 11.3. The van der Waals surface area contributed by atoms with E-state index >= 15 is 0 Å². The van der Waals surface area contributed by atoms with Gasteiger partial charge in [0.05, 0.1) is 12.2 Å². The van der Waals surface area contributed by atoms with Gasteiger partial charge >= 0.3 is 6.09 Å². The number of nitrogens with zero attached hydrogens (tertiary/aromatic N) is 1. The fraction of sp³-hybridized carbons (Fsp3) is 0.385. The van der Waals surface area contributed by atoms with E-state index in [9.17, 15) is 4.79 Å². The molecule has 21 heavy (non-hydrogen) atoms. The molecule has 1 amide bonds. The van der Waals surface area contributed by atoms with Crippen LogP contribution in [0, 0.1) is 22.7 Å². The van der Waals surface area contributed by atoms with Gasteiger partial charge in [0, 0.05) is 6.21 Å². The van der Waals surface area contributed by atoms with Crippen LogP contribution in [0.3, 0.4) is 0 Å². The lowest BCUT2D eigenvalue weighted by molar-refractivity contribution is 0.0535. The monoisotopic (exact) mass is 292 g/mol. The molecule has 0 rings (SSSR count). The summed E-state index contributed by atoms with van der Waals surface area (Å²) < 4.78 is 5.02. The third-order valence-electron chi connectivity index (χ3n) is 1.67. The minimum Gasteiger partial charge on any atom is -0.444 e. The Hall–Kier alpha value is -2.82. The van der Waals surface area contributed by atoms with E-state index in [4.69, 9.17) is 27.0 Å². The standard InChI is InChI=1S/C13H20N6O2/c1-13(2,3)21-12(20)19-7-4-5-9(14)6-8-18-11(17)10(15)16/h6,8,17H,7,14H2,1-3H3,(H3,15,16)(H,19,20). The molecule has 0 aliphatic carbocycles. The predicted molar refractivity (Wildman–Crippen MR) is 82.4 cm³/mol. The van der Waals surface area contributed by atoms with Crippen LogP contribution in [0.2, 0.25) is 0 Å². The number of rotatable bonds is 2. The van der Waals surface area contributed by atoms with Gasteiger partial charge in [-0.3, -0.25) is 10.8 Å². The van der Waals surface area contributed by atoms with Gasteiger partial charge in [0.1, 0.15) is 5.60 Å². The fourth-order valence-electron chi connectivity index (χ4n) is 0.880. The van der Waals surface area contributed by atoms with Crippen molar-refractivity contribution in [1.29, 1.82) is 10.8 Å². The van der Waals surface area contributed by atoms with Gasteiger partial charge in [0.15, 0.2) is 11.7 Å². The summed E-state index contributed by atoms with van der Waals surface area (Å²) in [6.07, 6.45) is 2.02. The van der Waals surface area contributed by atoms with Gasteiger partial charge in [0.2, 0.25) is 0 Å². The number of ether oxygens (including phenoxy) is 1. The normalized spacial score (nSPS) is 11.5. The Morgan fingerprint density at radius 3 is 2.52 bits per heavy atom. The summed E-state index contributed by atoms with van der Waals surface area (Å²) >= 11 is 0. The van der Waals surface area contributed by atoms with Gasteiger partial charge in [0.25, 0.3) is 0 Å². The maximum absolute atomic E-state index is 11.3. The molecule has 0 saturated heterocycles. The van der Waals surface area contributed by atoms with E-state index in [2.05, 4.69) is 22.2 Å². The van der Waals surface area contributed by atoms with Crippen molar-refractivity contribution in [2.75, 3.05) is 6.54 Å². The summed E-state index contributed by atoms with van der Waals surface area (Å²) in [6.45, 7) is 5.37. The van der Waals surface area contributed by atoms with Crippen molar-refractivity contribution in [3.63, 3.8) is 0 Å². The SMILES string of the molecule is CC(C)(C)OC(=O)NCC#CC(N)=CC=NC(=N)C(=N)N. The fourth-order valence-corrected chi connectivity index (χ4v) is 0.880. The molecule has 0 spiro atoms. The quantitative estimate of drug-likeness (QED) is 0.283. The lowest BCUT2D eigenvalue weighted by Crippen LogP contribution is -2.32. The second-order valence-corrected chi connectivity index (χ2v) is 4.82. The van der Waals surface area contributed by atoms with E-state index in [-0.39, 0.29) is 18.1 Å². The highest BCUT2D eigenvalue weighted by Gasteiger charge is 2.14. The number of allylic oxidation sites excluding steroid dienone is 2. The molecule has 0 aliphatic rings. The van der Waals surface area contributed by atoms with E-state index in [0.29, 0.717) is 0 Å². The molecule has 0 bridgehead atoms. The zero-order chi connectivity index (χ0) is 16.5.